The van der Waals surface area contributed by atoms with Crippen LogP contribution in [0, 0.1) is 0 Å². The Labute approximate surface area is 80.2 Å². The molecule has 0 heterocycles. The Morgan fingerprint density at radius 1 is 1.27 bits per heavy atom. The van der Waals surface area contributed by atoms with E-state index in [1.807, 2.05) is 0 Å². The molecular formula is C10H18Mg. The lowest BCUT2D eigenvalue weighted by Gasteiger charge is -2.20. The molecule has 1 rings (SSSR count). The van der Waals surface area contributed by atoms with Crippen molar-refractivity contribution in [2.24, 2.45) is 0 Å². The van der Waals surface area contributed by atoms with Crippen molar-refractivity contribution >= 4 is 20.4 Å². The quantitative estimate of drug-likeness (QED) is 0.441. The van der Waals surface area contributed by atoms with E-state index in [0.717, 1.165) is 0 Å². The van der Waals surface area contributed by atoms with Gasteiger partial charge in [0.05, 0.1) is 0 Å². The van der Waals surface area contributed by atoms with E-state index in [9.17, 15) is 0 Å². The highest BCUT2D eigenvalue weighted by atomic mass is 24.5. The second-order valence-corrected chi connectivity index (χ2v) is 5.96. The fourth-order valence-corrected chi connectivity index (χ4v) is 4.13. The fourth-order valence-electron chi connectivity index (χ4n) is 1.97. The molecule has 0 aromatic rings. The average Bonchev–Trinajstić information content (AvgIpc) is 2.07. The lowest BCUT2D eigenvalue weighted by Crippen LogP contribution is -2.06. The molecule has 60 valence electrons. The molecule has 0 amide bonds. The van der Waals surface area contributed by atoms with Gasteiger partial charge in [-0.2, -0.15) is 0 Å². The largest absolute Gasteiger partial charge is 0.374 e. The highest BCUT2D eigenvalue weighted by Crippen LogP contribution is 2.28. The van der Waals surface area contributed by atoms with Gasteiger partial charge in [-0.05, 0) is 6.92 Å². The Balaban J connectivity index is 2.04. The van der Waals surface area contributed by atoms with Crippen molar-refractivity contribution in [3.8, 4) is 0 Å². The molecule has 0 aromatic carbocycles. The fraction of sp³-hybridized carbons (Fsp3) is 0.800. The number of rotatable bonds is 3. The highest BCUT2D eigenvalue weighted by molar-refractivity contribution is 6.38. The SMILES string of the molecule is C/C=C/[CH2][Mg][CH]1CCCCC1. The third-order valence-corrected chi connectivity index (χ3v) is 5.00. The van der Waals surface area contributed by atoms with Crippen LogP contribution < -0.4 is 0 Å². The van der Waals surface area contributed by atoms with Gasteiger partial charge in [0, 0.05) is 0 Å². The van der Waals surface area contributed by atoms with Gasteiger partial charge in [-0.25, -0.2) is 0 Å². The van der Waals surface area contributed by atoms with Crippen molar-refractivity contribution in [1.29, 1.82) is 0 Å². The Morgan fingerprint density at radius 2 is 2.00 bits per heavy atom. The van der Waals surface area contributed by atoms with Gasteiger partial charge in [0.2, 0.25) is 0 Å². The predicted molar refractivity (Wildman–Crippen MR) is 52.2 cm³/mol. The Hall–Kier alpha value is 0.506. The summed E-state index contributed by atoms with van der Waals surface area (Å²) in [4.78, 5) is 0. The predicted octanol–water partition coefficient (Wildman–Crippen LogP) is 3.44. The van der Waals surface area contributed by atoms with Crippen LogP contribution in [0.4, 0.5) is 0 Å². The molecule has 1 aliphatic rings. The monoisotopic (exact) mass is 162 g/mol. The summed E-state index contributed by atoms with van der Waals surface area (Å²) >= 11 is 0.268. The van der Waals surface area contributed by atoms with Crippen LogP contribution >= 0.6 is 0 Å². The Kier molecular flexibility index (Phi) is 5.29. The molecule has 0 nitrogen and oxygen atoms in total. The van der Waals surface area contributed by atoms with Crippen LogP contribution in [0.5, 0.6) is 0 Å². The van der Waals surface area contributed by atoms with Crippen molar-refractivity contribution in [1.82, 2.24) is 0 Å². The van der Waals surface area contributed by atoms with Crippen LogP contribution in [0.15, 0.2) is 12.2 Å². The zero-order valence-electron chi connectivity index (χ0n) is 7.68. The minimum Gasteiger partial charge on any atom is -0.134 e. The van der Waals surface area contributed by atoms with Crippen LogP contribution in [-0.2, 0) is 0 Å². The summed E-state index contributed by atoms with van der Waals surface area (Å²) in [5.41, 5.74) is 0. The molecule has 0 atom stereocenters. The van der Waals surface area contributed by atoms with Gasteiger partial charge in [-0.1, -0.05) is 38.2 Å². The minimum atomic E-state index is 0.268. The second kappa shape index (κ2) is 6.07. The van der Waals surface area contributed by atoms with Crippen molar-refractivity contribution in [3.05, 3.63) is 12.2 Å². The average molecular weight is 163 g/mol. The molecule has 0 N–H and O–H groups in total. The van der Waals surface area contributed by atoms with Gasteiger partial charge in [0.1, 0.15) is 0 Å². The van der Waals surface area contributed by atoms with Crippen LogP contribution in [0.2, 0.25) is 8.60 Å². The van der Waals surface area contributed by atoms with Crippen molar-refractivity contribution < 1.29 is 0 Å². The molecule has 0 radical (unpaired) electrons. The van der Waals surface area contributed by atoms with Gasteiger partial charge in [-0.3, -0.25) is 0 Å². The van der Waals surface area contributed by atoms with E-state index >= 15 is 0 Å². The van der Waals surface area contributed by atoms with Crippen LogP contribution in [0.1, 0.15) is 39.0 Å². The van der Waals surface area contributed by atoms with Crippen LogP contribution in [0.25, 0.3) is 0 Å². The zero-order chi connectivity index (χ0) is 7.94. The summed E-state index contributed by atoms with van der Waals surface area (Å²) in [6.07, 6.45) is 12.2. The van der Waals surface area contributed by atoms with E-state index in [-0.39, 0.29) is 20.4 Å². The van der Waals surface area contributed by atoms with Gasteiger partial charge in [0.25, 0.3) is 0 Å². The lowest BCUT2D eigenvalue weighted by molar-refractivity contribution is 0.500. The van der Waals surface area contributed by atoms with Gasteiger partial charge >= 0.3 is 20.4 Å². The molecular weight excluding hydrogens is 144 g/mol. The molecule has 1 saturated carbocycles. The van der Waals surface area contributed by atoms with E-state index in [1.165, 1.54) is 27.9 Å². The molecule has 0 saturated heterocycles. The standard InChI is InChI=1S/C6H11.C4H7.Mg/c1-2-4-6-5-3-1;1-3-4-2;/h1H,2-6H2;3-4H,1H2,2H3;/b;4-3+;. The van der Waals surface area contributed by atoms with Crippen molar-refractivity contribution in [2.45, 2.75) is 47.6 Å². The highest BCUT2D eigenvalue weighted by Gasteiger charge is 2.13. The van der Waals surface area contributed by atoms with Gasteiger partial charge in [0.15, 0.2) is 0 Å². The van der Waals surface area contributed by atoms with Crippen LogP contribution in [-0.4, -0.2) is 20.4 Å². The molecule has 0 aromatic heterocycles. The molecule has 1 heteroatoms. The summed E-state index contributed by atoms with van der Waals surface area (Å²) in [7, 11) is 0. The zero-order valence-corrected chi connectivity index (χ0v) is 9.10. The minimum absolute atomic E-state index is 0.268. The summed E-state index contributed by atoms with van der Waals surface area (Å²) in [5, 5.41) is 0. The lowest BCUT2D eigenvalue weighted by atomic mass is 10.00. The number of allylic oxidation sites excluding steroid dienone is 2. The van der Waals surface area contributed by atoms with E-state index < -0.39 is 0 Å². The second-order valence-electron chi connectivity index (χ2n) is 3.65. The smallest absolute Gasteiger partial charge is 0.134 e. The number of hydrogen-bond donors (Lipinski definition) is 0. The molecule has 0 spiro atoms. The normalized spacial score (nSPS) is 20.5. The van der Waals surface area contributed by atoms with Gasteiger partial charge < -0.3 is 0 Å². The first-order valence-corrected chi connectivity index (χ1v) is 6.86. The Bertz CT molecular complexity index is 112. The van der Waals surface area contributed by atoms with Crippen molar-refractivity contribution in [2.75, 3.05) is 0 Å². The topological polar surface area (TPSA) is 0 Å². The molecule has 0 unspecified atom stereocenters. The summed E-state index contributed by atoms with van der Waals surface area (Å²) in [6.45, 7) is 2.13. The van der Waals surface area contributed by atoms with E-state index in [0.29, 0.717) is 0 Å². The maximum Gasteiger partial charge on any atom is 0.374 e. The maximum absolute atomic E-state index is 2.36. The summed E-state index contributed by atoms with van der Waals surface area (Å²) < 4.78 is 2.64. The third kappa shape index (κ3) is 4.17. The molecule has 1 aliphatic carbocycles. The van der Waals surface area contributed by atoms with E-state index in [4.69, 9.17) is 0 Å². The summed E-state index contributed by atoms with van der Waals surface area (Å²) in [5.74, 6) is 0. The third-order valence-electron chi connectivity index (χ3n) is 2.70. The summed E-state index contributed by atoms with van der Waals surface area (Å²) in [6, 6.07) is 0. The molecule has 0 bridgehead atoms. The van der Waals surface area contributed by atoms with Crippen LogP contribution in [0.3, 0.4) is 0 Å². The molecule has 11 heavy (non-hydrogen) atoms. The van der Waals surface area contributed by atoms with Crippen molar-refractivity contribution in [3.63, 3.8) is 0 Å². The first kappa shape index (κ1) is 9.59. The molecule has 0 aliphatic heterocycles. The number of hydrogen-bond acceptors (Lipinski definition) is 0. The first-order chi connectivity index (χ1) is 5.43. The Morgan fingerprint density at radius 3 is 2.64 bits per heavy atom. The maximum atomic E-state index is 2.36. The first-order valence-electron chi connectivity index (χ1n) is 5.04. The van der Waals surface area contributed by atoms with Gasteiger partial charge in [-0.15, -0.1) is 14.7 Å². The van der Waals surface area contributed by atoms with E-state index in [2.05, 4.69) is 19.1 Å². The van der Waals surface area contributed by atoms with E-state index in [1.54, 1.807) is 12.8 Å². The molecule has 1 fully saturated rings.